The third kappa shape index (κ3) is 4.47. The monoisotopic (exact) mass is 337 g/mol. The van der Waals surface area contributed by atoms with Gasteiger partial charge in [-0.15, -0.1) is 0 Å². The number of ether oxygens (including phenoxy) is 1. The van der Waals surface area contributed by atoms with Gasteiger partial charge in [0.05, 0.1) is 5.56 Å². The van der Waals surface area contributed by atoms with Crippen LogP contribution in [-0.4, -0.2) is 25.3 Å². The normalized spacial score (nSPS) is 14.0. The molecule has 4 nitrogen and oxygen atoms in total. The van der Waals surface area contributed by atoms with Crippen LogP contribution >= 0.6 is 0 Å². The van der Waals surface area contributed by atoms with Crippen molar-refractivity contribution < 1.29 is 14.3 Å². The van der Waals surface area contributed by atoms with E-state index in [0.717, 1.165) is 36.3 Å². The fourth-order valence-corrected chi connectivity index (χ4v) is 3.21. The summed E-state index contributed by atoms with van der Waals surface area (Å²) in [5.74, 6) is 0.278. The standard InChI is InChI=1S/C21H23NO3/c23-14-19-18-9-5-4-8-17(18)10-11-20(19)25-15-21(24)22-13-12-16-6-2-1-3-7-16/h4-6,8-11,14H,1-3,7,12-13,15H2,(H,22,24). The average molecular weight is 337 g/mol. The van der Waals surface area contributed by atoms with Crippen molar-refractivity contribution in [3.8, 4) is 5.75 Å². The first-order chi connectivity index (χ1) is 12.3. The summed E-state index contributed by atoms with van der Waals surface area (Å²) in [6.07, 6.45) is 8.80. The van der Waals surface area contributed by atoms with E-state index in [-0.39, 0.29) is 12.5 Å². The third-order valence-electron chi connectivity index (χ3n) is 4.56. The molecule has 1 amide bonds. The van der Waals surface area contributed by atoms with E-state index in [1.807, 2.05) is 30.3 Å². The number of benzene rings is 2. The van der Waals surface area contributed by atoms with Crippen LogP contribution in [0.1, 0.15) is 42.5 Å². The Kier molecular flexibility index (Phi) is 5.83. The molecule has 0 bridgehead atoms. The van der Waals surface area contributed by atoms with Crippen molar-refractivity contribution >= 4 is 23.0 Å². The molecular formula is C21H23NO3. The Morgan fingerprint density at radius 1 is 1.16 bits per heavy atom. The molecule has 0 fully saturated rings. The van der Waals surface area contributed by atoms with Gasteiger partial charge in [0.15, 0.2) is 12.9 Å². The molecule has 0 heterocycles. The SMILES string of the molecule is O=Cc1c(OCC(=O)NCCC2=CCCCC2)ccc2ccccc12. The highest BCUT2D eigenvalue weighted by atomic mass is 16.5. The van der Waals surface area contributed by atoms with Crippen molar-refractivity contribution in [1.29, 1.82) is 0 Å². The van der Waals surface area contributed by atoms with Crippen LogP contribution in [0.2, 0.25) is 0 Å². The van der Waals surface area contributed by atoms with Gasteiger partial charge in [-0.1, -0.05) is 42.0 Å². The van der Waals surface area contributed by atoms with Gasteiger partial charge in [0.1, 0.15) is 5.75 Å². The zero-order valence-electron chi connectivity index (χ0n) is 14.3. The van der Waals surface area contributed by atoms with Gasteiger partial charge in [-0.3, -0.25) is 9.59 Å². The lowest BCUT2D eigenvalue weighted by Crippen LogP contribution is -2.30. The van der Waals surface area contributed by atoms with E-state index < -0.39 is 0 Å². The topological polar surface area (TPSA) is 55.4 Å². The predicted molar refractivity (Wildman–Crippen MR) is 99.0 cm³/mol. The summed E-state index contributed by atoms with van der Waals surface area (Å²) < 4.78 is 5.58. The largest absolute Gasteiger partial charge is 0.483 e. The van der Waals surface area contributed by atoms with E-state index in [0.29, 0.717) is 17.9 Å². The van der Waals surface area contributed by atoms with Crippen LogP contribution in [0.4, 0.5) is 0 Å². The quantitative estimate of drug-likeness (QED) is 0.613. The highest BCUT2D eigenvalue weighted by Gasteiger charge is 2.10. The number of carbonyl (C=O) groups excluding carboxylic acids is 2. The predicted octanol–water partition coefficient (Wildman–Crippen LogP) is 4.04. The first kappa shape index (κ1) is 17.2. The third-order valence-corrected chi connectivity index (χ3v) is 4.56. The first-order valence-corrected chi connectivity index (χ1v) is 8.82. The molecule has 0 spiro atoms. The van der Waals surface area contributed by atoms with Crippen molar-refractivity contribution in [3.63, 3.8) is 0 Å². The van der Waals surface area contributed by atoms with E-state index in [2.05, 4.69) is 11.4 Å². The molecule has 4 heteroatoms. The maximum atomic E-state index is 12.0. The number of carbonyl (C=O) groups is 2. The second-order valence-corrected chi connectivity index (χ2v) is 6.31. The number of nitrogens with one attached hydrogen (secondary N) is 1. The number of amides is 1. The summed E-state index contributed by atoms with van der Waals surface area (Å²) in [4.78, 5) is 23.4. The molecule has 0 aliphatic heterocycles. The van der Waals surface area contributed by atoms with Gasteiger partial charge in [0, 0.05) is 6.54 Å². The van der Waals surface area contributed by atoms with Gasteiger partial charge >= 0.3 is 0 Å². The van der Waals surface area contributed by atoms with Crippen LogP contribution in [0.25, 0.3) is 10.8 Å². The van der Waals surface area contributed by atoms with Crippen molar-refractivity contribution in [1.82, 2.24) is 5.32 Å². The molecule has 2 aromatic rings. The molecule has 25 heavy (non-hydrogen) atoms. The van der Waals surface area contributed by atoms with Crippen LogP contribution in [0.5, 0.6) is 5.75 Å². The molecule has 0 saturated heterocycles. The maximum Gasteiger partial charge on any atom is 0.257 e. The minimum absolute atomic E-state index is 0.0851. The van der Waals surface area contributed by atoms with Crippen LogP contribution in [0.3, 0.4) is 0 Å². The molecule has 0 radical (unpaired) electrons. The van der Waals surface area contributed by atoms with E-state index in [9.17, 15) is 9.59 Å². The molecule has 3 rings (SSSR count). The van der Waals surface area contributed by atoms with E-state index in [4.69, 9.17) is 4.74 Å². The summed E-state index contributed by atoms with van der Waals surface area (Å²) in [6, 6.07) is 11.3. The summed E-state index contributed by atoms with van der Waals surface area (Å²) in [5.41, 5.74) is 1.92. The van der Waals surface area contributed by atoms with Gasteiger partial charge in [-0.2, -0.15) is 0 Å². The lowest BCUT2D eigenvalue weighted by atomic mass is 9.97. The summed E-state index contributed by atoms with van der Waals surface area (Å²) >= 11 is 0. The van der Waals surface area contributed by atoms with Crippen LogP contribution in [0, 0.1) is 0 Å². The smallest absolute Gasteiger partial charge is 0.257 e. The van der Waals surface area contributed by atoms with Crippen LogP contribution in [-0.2, 0) is 4.79 Å². The highest BCUT2D eigenvalue weighted by Crippen LogP contribution is 2.26. The Balaban J connectivity index is 1.54. The van der Waals surface area contributed by atoms with Crippen molar-refractivity contribution in [2.75, 3.05) is 13.2 Å². The molecule has 1 aliphatic carbocycles. The number of aldehydes is 1. The van der Waals surface area contributed by atoms with Gasteiger partial charge in [-0.05, 0) is 48.9 Å². The molecule has 0 saturated carbocycles. The minimum atomic E-state index is -0.165. The molecule has 1 aliphatic rings. The zero-order valence-corrected chi connectivity index (χ0v) is 14.3. The van der Waals surface area contributed by atoms with Crippen LogP contribution < -0.4 is 10.1 Å². The highest BCUT2D eigenvalue weighted by molar-refractivity contribution is 6.00. The number of fused-ring (bicyclic) bond motifs is 1. The van der Waals surface area contributed by atoms with Gasteiger partial charge in [0.25, 0.3) is 5.91 Å². The molecule has 1 N–H and O–H groups in total. The molecule has 2 aromatic carbocycles. The number of hydrogen-bond donors (Lipinski definition) is 1. The number of hydrogen-bond acceptors (Lipinski definition) is 3. The zero-order chi connectivity index (χ0) is 17.5. The Hall–Kier alpha value is -2.62. The average Bonchev–Trinajstić information content (AvgIpc) is 2.66. The Labute approximate surface area is 147 Å². The van der Waals surface area contributed by atoms with Crippen molar-refractivity contribution in [2.24, 2.45) is 0 Å². The molecular weight excluding hydrogens is 314 g/mol. The van der Waals surface area contributed by atoms with Crippen LogP contribution in [0.15, 0.2) is 48.0 Å². The summed E-state index contributed by atoms with van der Waals surface area (Å²) in [7, 11) is 0. The van der Waals surface area contributed by atoms with E-state index in [1.165, 1.54) is 18.4 Å². The van der Waals surface area contributed by atoms with Crippen molar-refractivity contribution in [2.45, 2.75) is 32.1 Å². The molecule has 0 unspecified atom stereocenters. The maximum absolute atomic E-state index is 12.0. The summed E-state index contributed by atoms with van der Waals surface area (Å²) in [5, 5.41) is 4.69. The second kappa shape index (κ2) is 8.47. The Morgan fingerprint density at radius 2 is 2.04 bits per heavy atom. The van der Waals surface area contributed by atoms with Gasteiger partial charge in [-0.25, -0.2) is 0 Å². The number of rotatable bonds is 7. The lowest BCUT2D eigenvalue weighted by Gasteiger charge is -2.13. The van der Waals surface area contributed by atoms with Crippen molar-refractivity contribution in [3.05, 3.63) is 53.6 Å². The second-order valence-electron chi connectivity index (χ2n) is 6.31. The fraction of sp³-hybridized carbons (Fsp3) is 0.333. The van der Waals surface area contributed by atoms with E-state index >= 15 is 0 Å². The van der Waals surface area contributed by atoms with Gasteiger partial charge < -0.3 is 10.1 Å². The molecule has 0 aromatic heterocycles. The van der Waals surface area contributed by atoms with E-state index in [1.54, 1.807) is 6.07 Å². The summed E-state index contributed by atoms with van der Waals surface area (Å²) in [6.45, 7) is 0.546. The minimum Gasteiger partial charge on any atom is -0.483 e. The fourth-order valence-electron chi connectivity index (χ4n) is 3.21. The molecule has 0 atom stereocenters. The first-order valence-electron chi connectivity index (χ1n) is 8.82. The van der Waals surface area contributed by atoms with Gasteiger partial charge in [0.2, 0.25) is 0 Å². The Morgan fingerprint density at radius 3 is 2.84 bits per heavy atom. The number of allylic oxidation sites excluding steroid dienone is 1. The Bertz CT molecular complexity index is 795. The lowest BCUT2D eigenvalue weighted by molar-refractivity contribution is -0.123. The molecule has 130 valence electrons.